The fourth-order valence-electron chi connectivity index (χ4n) is 2.27. The van der Waals surface area contributed by atoms with Crippen LogP contribution in [0.1, 0.15) is 18.0 Å². The van der Waals surface area contributed by atoms with Gasteiger partial charge in [0.15, 0.2) is 11.6 Å². The van der Waals surface area contributed by atoms with E-state index in [4.69, 9.17) is 5.11 Å². The number of carboxylic acid groups (broad SMARTS) is 1. The molecule has 2 rings (SSSR count). The van der Waals surface area contributed by atoms with Crippen LogP contribution in [0, 0.1) is 17.6 Å². The number of benzene rings is 1. The average molecular weight is 255 g/mol. The molecule has 1 fully saturated rings. The molecule has 1 aromatic carbocycles. The van der Waals surface area contributed by atoms with Crippen LogP contribution in [0.4, 0.5) is 8.78 Å². The van der Waals surface area contributed by atoms with E-state index in [1.54, 1.807) is 0 Å². The number of aliphatic carboxylic acids is 1. The van der Waals surface area contributed by atoms with Crippen molar-refractivity contribution >= 4 is 11.9 Å². The van der Waals surface area contributed by atoms with E-state index >= 15 is 0 Å². The van der Waals surface area contributed by atoms with Crippen molar-refractivity contribution in [3.8, 4) is 0 Å². The minimum Gasteiger partial charge on any atom is -0.481 e. The zero-order valence-electron chi connectivity index (χ0n) is 9.56. The lowest BCUT2D eigenvalue weighted by Gasteiger charge is -2.23. The quantitative estimate of drug-likeness (QED) is 0.872. The molecule has 2 atom stereocenters. The van der Waals surface area contributed by atoms with Crippen LogP contribution in [0.15, 0.2) is 18.2 Å². The van der Waals surface area contributed by atoms with Crippen LogP contribution in [0.2, 0.25) is 0 Å². The molecule has 0 saturated carbocycles. The Hall–Kier alpha value is -1.98. The van der Waals surface area contributed by atoms with E-state index in [-0.39, 0.29) is 12.0 Å². The number of nitrogens with zero attached hydrogens (tertiary/aromatic N) is 1. The predicted molar refractivity (Wildman–Crippen MR) is 57.6 cm³/mol. The summed E-state index contributed by atoms with van der Waals surface area (Å²) in [5.41, 5.74) is -0.101. The van der Waals surface area contributed by atoms with E-state index in [0.717, 1.165) is 11.0 Å². The number of hydrogen-bond donors (Lipinski definition) is 1. The zero-order valence-corrected chi connectivity index (χ0v) is 9.56. The fourth-order valence-corrected chi connectivity index (χ4v) is 2.27. The summed E-state index contributed by atoms with van der Waals surface area (Å²) in [5, 5.41) is 9.05. The first-order chi connectivity index (χ1) is 8.43. The third-order valence-electron chi connectivity index (χ3n) is 3.20. The summed E-state index contributed by atoms with van der Waals surface area (Å²) in [5.74, 6) is -4.80. The minimum absolute atomic E-state index is 0.101. The van der Waals surface area contributed by atoms with Crippen molar-refractivity contribution in [2.24, 2.45) is 5.92 Å². The third kappa shape index (κ3) is 1.83. The number of carboxylic acids is 1. The smallest absolute Gasteiger partial charge is 0.309 e. The lowest BCUT2D eigenvalue weighted by molar-refractivity contribution is -0.142. The second-order valence-electron chi connectivity index (χ2n) is 4.24. The molecule has 1 heterocycles. The van der Waals surface area contributed by atoms with Crippen molar-refractivity contribution in [1.82, 2.24) is 4.90 Å². The average Bonchev–Trinajstić information content (AvgIpc) is 2.60. The number of amides is 1. The van der Waals surface area contributed by atoms with Crippen LogP contribution in [-0.2, 0) is 9.59 Å². The van der Waals surface area contributed by atoms with Crippen LogP contribution < -0.4 is 0 Å². The standard InChI is InChI=1S/C12H11F2NO3/c1-15-9(16)5-7(12(17)18)11(15)6-3-2-4-8(13)10(6)14/h2-4,7,11H,5H2,1H3,(H,17,18). The molecule has 1 amide bonds. The van der Waals surface area contributed by atoms with Gasteiger partial charge in [0, 0.05) is 19.0 Å². The van der Waals surface area contributed by atoms with Gasteiger partial charge < -0.3 is 10.0 Å². The first-order valence-electron chi connectivity index (χ1n) is 5.36. The Balaban J connectivity index is 2.49. The summed E-state index contributed by atoms with van der Waals surface area (Å²) < 4.78 is 26.8. The topological polar surface area (TPSA) is 57.6 Å². The number of carbonyl (C=O) groups excluding carboxylic acids is 1. The van der Waals surface area contributed by atoms with Gasteiger partial charge in [-0.2, -0.15) is 0 Å². The summed E-state index contributed by atoms with van der Waals surface area (Å²) in [7, 11) is 1.39. The van der Waals surface area contributed by atoms with Crippen molar-refractivity contribution < 1.29 is 23.5 Å². The second kappa shape index (κ2) is 4.36. The Labute approximate surface area is 102 Å². The molecule has 1 aromatic rings. The van der Waals surface area contributed by atoms with E-state index in [9.17, 15) is 18.4 Å². The molecule has 4 nitrogen and oxygen atoms in total. The molecule has 1 N–H and O–H groups in total. The maximum Gasteiger partial charge on any atom is 0.309 e. The summed E-state index contributed by atoms with van der Waals surface area (Å²) in [4.78, 5) is 23.7. The Bertz CT molecular complexity index is 518. The number of likely N-dealkylation sites (tertiary alicyclic amines) is 1. The van der Waals surface area contributed by atoms with E-state index in [1.807, 2.05) is 0 Å². The molecule has 96 valence electrons. The molecule has 18 heavy (non-hydrogen) atoms. The largest absolute Gasteiger partial charge is 0.481 e. The second-order valence-corrected chi connectivity index (χ2v) is 4.24. The van der Waals surface area contributed by atoms with Gasteiger partial charge in [-0.1, -0.05) is 12.1 Å². The summed E-state index contributed by atoms with van der Waals surface area (Å²) in [6.07, 6.45) is -0.202. The molecule has 0 aliphatic carbocycles. The SMILES string of the molecule is CN1C(=O)CC(C(=O)O)C1c1cccc(F)c1F. The molecule has 0 spiro atoms. The van der Waals surface area contributed by atoms with Crippen molar-refractivity contribution in [3.05, 3.63) is 35.4 Å². The van der Waals surface area contributed by atoms with Crippen molar-refractivity contribution in [2.45, 2.75) is 12.5 Å². The lowest BCUT2D eigenvalue weighted by Crippen LogP contribution is -2.27. The van der Waals surface area contributed by atoms with Crippen LogP contribution in [0.5, 0.6) is 0 Å². The van der Waals surface area contributed by atoms with Gasteiger partial charge in [-0.15, -0.1) is 0 Å². The molecule has 0 radical (unpaired) electrons. The number of halogens is 2. The van der Waals surface area contributed by atoms with Gasteiger partial charge in [0.2, 0.25) is 5.91 Å². The maximum atomic E-state index is 13.7. The molecule has 1 saturated heterocycles. The molecular weight excluding hydrogens is 244 g/mol. The normalized spacial score (nSPS) is 23.5. The minimum atomic E-state index is -1.19. The Morgan fingerprint density at radius 2 is 2.11 bits per heavy atom. The highest BCUT2D eigenvalue weighted by molar-refractivity contribution is 5.87. The third-order valence-corrected chi connectivity index (χ3v) is 3.20. The van der Waals surface area contributed by atoms with Crippen molar-refractivity contribution in [2.75, 3.05) is 7.05 Å². The maximum absolute atomic E-state index is 13.7. The molecule has 0 aromatic heterocycles. The molecule has 2 unspecified atom stereocenters. The van der Waals surface area contributed by atoms with E-state index in [2.05, 4.69) is 0 Å². The fraction of sp³-hybridized carbons (Fsp3) is 0.333. The van der Waals surface area contributed by atoms with Crippen LogP contribution in [0.25, 0.3) is 0 Å². The predicted octanol–water partition coefficient (Wildman–Crippen LogP) is 1.57. The highest BCUT2D eigenvalue weighted by Crippen LogP contribution is 2.38. The monoisotopic (exact) mass is 255 g/mol. The highest BCUT2D eigenvalue weighted by Gasteiger charge is 2.44. The molecule has 0 bridgehead atoms. The molecule has 6 heteroatoms. The summed E-state index contributed by atoms with van der Waals surface area (Å²) >= 11 is 0. The van der Waals surface area contributed by atoms with Gasteiger partial charge in [0.25, 0.3) is 0 Å². The van der Waals surface area contributed by atoms with Gasteiger partial charge in [-0.05, 0) is 6.07 Å². The van der Waals surface area contributed by atoms with E-state index in [0.29, 0.717) is 0 Å². The zero-order chi connectivity index (χ0) is 13.4. The van der Waals surface area contributed by atoms with Crippen molar-refractivity contribution in [3.63, 3.8) is 0 Å². The summed E-state index contributed by atoms with van der Waals surface area (Å²) in [6.45, 7) is 0. The molecule has 1 aliphatic heterocycles. The first-order valence-corrected chi connectivity index (χ1v) is 5.36. The van der Waals surface area contributed by atoms with Gasteiger partial charge in [0.1, 0.15) is 0 Å². The summed E-state index contributed by atoms with van der Waals surface area (Å²) in [6, 6.07) is 2.58. The number of carbonyl (C=O) groups is 2. The van der Waals surface area contributed by atoms with Gasteiger partial charge in [0.05, 0.1) is 12.0 Å². The van der Waals surface area contributed by atoms with Gasteiger partial charge in [-0.25, -0.2) is 8.78 Å². The Kier molecular flexibility index (Phi) is 3.02. The Morgan fingerprint density at radius 1 is 1.44 bits per heavy atom. The van der Waals surface area contributed by atoms with E-state index in [1.165, 1.54) is 19.2 Å². The van der Waals surface area contributed by atoms with Crippen molar-refractivity contribution in [1.29, 1.82) is 0 Å². The first kappa shape index (κ1) is 12.5. The lowest BCUT2D eigenvalue weighted by atomic mass is 9.93. The number of hydrogen-bond acceptors (Lipinski definition) is 2. The van der Waals surface area contributed by atoms with E-state index < -0.39 is 35.5 Å². The van der Waals surface area contributed by atoms with Crippen LogP contribution >= 0.6 is 0 Å². The Morgan fingerprint density at radius 3 is 2.72 bits per heavy atom. The van der Waals surface area contributed by atoms with Gasteiger partial charge in [-0.3, -0.25) is 9.59 Å². The molecule has 1 aliphatic rings. The van der Waals surface area contributed by atoms with Crippen LogP contribution in [0.3, 0.4) is 0 Å². The number of rotatable bonds is 2. The van der Waals surface area contributed by atoms with Crippen LogP contribution in [-0.4, -0.2) is 28.9 Å². The van der Waals surface area contributed by atoms with Gasteiger partial charge >= 0.3 is 5.97 Å². The highest BCUT2D eigenvalue weighted by atomic mass is 19.2. The molecular formula is C12H11F2NO3.